The summed E-state index contributed by atoms with van der Waals surface area (Å²) in [6.07, 6.45) is 7.91. The summed E-state index contributed by atoms with van der Waals surface area (Å²) in [5.41, 5.74) is 1.37. The van der Waals surface area contributed by atoms with Crippen LogP contribution in [0, 0.1) is 18.3 Å². The summed E-state index contributed by atoms with van der Waals surface area (Å²) < 4.78 is 5.21. The van der Waals surface area contributed by atoms with Crippen molar-refractivity contribution in [2.24, 2.45) is 5.92 Å². The van der Waals surface area contributed by atoms with Crippen molar-refractivity contribution in [1.82, 2.24) is 5.32 Å². The van der Waals surface area contributed by atoms with Crippen LogP contribution in [0.2, 0.25) is 0 Å². The molecule has 19 heavy (non-hydrogen) atoms. The molecule has 0 saturated heterocycles. The van der Waals surface area contributed by atoms with E-state index >= 15 is 0 Å². The van der Waals surface area contributed by atoms with Crippen LogP contribution in [0.1, 0.15) is 24.4 Å². The molecule has 2 nitrogen and oxygen atoms in total. The smallest absolute Gasteiger partial charge is 0.118 e. The summed E-state index contributed by atoms with van der Waals surface area (Å²) in [5.74, 6) is 6.25. The highest BCUT2D eigenvalue weighted by Crippen LogP contribution is 2.41. The lowest BCUT2D eigenvalue weighted by atomic mass is 10.0. The average molecular weight is 275 g/mol. The molecule has 1 aliphatic carbocycles. The number of hydrogen-bond acceptors (Lipinski definition) is 3. The molecule has 1 saturated carbocycles. The topological polar surface area (TPSA) is 21.3 Å². The predicted molar refractivity (Wildman–Crippen MR) is 82.6 cm³/mol. The van der Waals surface area contributed by atoms with E-state index in [1.807, 2.05) is 23.9 Å². The van der Waals surface area contributed by atoms with Gasteiger partial charge in [0.1, 0.15) is 5.75 Å². The van der Waals surface area contributed by atoms with Gasteiger partial charge in [-0.15, -0.1) is 18.2 Å². The van der Waals surface area contributed by atoms with E-state index in [0.29, 0.717) is 6.04 Å². The second-order valence-electron chi connectivity index (χ2n) is 4.80. The first-order chi connectivity index (χ1) is 9.35. The molecule has 2 rings (SSSR count). The lowest BCUT2D eigenvalue weighted by Crippen LogP contribution is -2.25. The highest BCUT2D eigenvalue weighted by Gasteiger charge is 2.31. The summed E-state index contributed by atoms with van der Waals surface area (Å²) >= 11 is 1.81. The predicted octanol–water partition coefficient (Wildman–Crippen LogP) is 3.10. The van der Waals surface area contributed by atoms with Crippen molar-refractivity contribution in [3.05, 3.63) is 29.8 Å². The summed E-state index contributed by atoms with van der Waals surface area (Å²) in [4.78, 5) is 0. The Balaban J connectivity index is 1.86. The van der Waals surface area contributed by atoms with Crippen LogP contribution in [0.4, 0.5) is 0 Å². The third-order valence-corrected chi connectivity index (χ3v) is 4.23. The van der Waals surface area contributed by atoms with Crippen LogP contribution in [0.3, 0.4) is 0 Å². The molecule has 1 fully saturated rings. The van der Waals surface area contributed by atoms with E-state index < -0.39 is 0 Å². The van der Waals surface area contributed by atoms with Gasteiger partial charge >= 0.3 is 0 Å². The maximum atomic E-state index is 5.24. The molecular formula is C16H21NOS. The van der Waals surface area contributed by atoms with E-state index in [2.05, 4.69) is 23.4 Å². The minimum atomic E-state index is 0.484. The zero-order chi connectivity index (χ0) is 13.5. The second kappa shape index (κ2) is 7.47. The molecule has 1 N–H and O–H groups in total. The third kappa shape index (κ3) is 4.49. The van der Waals surface area contributed by atoms with E-state index in [-0.39, 0.29) is 0 Å². The fraction of sp³-hybridized carbons (Fsp3) is 0.500. The number of methoxy groups -OCH3 is 1. The summed E-state index contributed by atoms with van der Waals surface area (Å²) in [6.45, 7) is 1.01. The van der Waals surface area contributed by atoms with Crippen molar-refractivity contribution in [2.45, 2.75) is 18.9 Å². The Bertz CT molecular complexity index is 419. The molecular weight excluding hydrogens is 254 g/mol. The molecule has 0 amide bonds. The molecule has 0 aromatic heterocycles. The first-order valence-corrected chi connectivity index (χ1v) is 7.89. The van der Waals surface area contributed by atoms with Crippen LogP contribution in [0.5, 0.6) is 5.75 Å². The monoisotopic (exact) mass is 275 g/mol. The number of benzene rings is 1. The van der Waals surface area contributed by atoms with Crippen LogP contribution < -0.4 is 10.1 Å². The van der Waals surface area contributed by atoms with E-state index in [4.69, 9.17) is 11.2 Å². The lowest BCUT2D eigenvalue weighted by molar-refractivity contribution is 0.414. The number of thioether (sulfide) groups is 1. The molecule has 1 atom stereocenters. The first kappa shape index (κ1) is 14.3. The van der Waals surface area contributed by atoms with Gasteiger partial charge < -0.3 is 10.1 Å². The van der Waals surface area contributed by atoms with Crippen LogP contribution in [0.15, 0.2) is 24.3 Å². The van der Waals surface area contributed by atoms with Gasteiger partial charge in [0.2, 0.25) is 0 Å². The number of terminal acetylenes is 1. The van der Waals surface area contributed by atoms with Crippen molar-refractivity contribution in [3.63, 3.8) is 0 Å². The van der Waals surface area contributed by atoms with Crippen LogP contribution >= 0.6 is 11.8 Å². The van der Waals surface area contributed by atoms with Gasteiger partial charge in [-0.05, 0) is 36.5 Å². The summed E-state index contributed by atoms with van der Waals surface area (Å²) in [7, 11) is 1.70. The Labute approximate surface area is 120 Å². The van der Waals surface area contributed by atoms with Gasteiger partial charge in [-0.25, -0.2) is 0 Å². The Morgan fingerprint density at radius 2 is 2.16 bits per heavy atom. The maximum Gasteiger partial charge on any atom is 0.118 e. The SMILES string of the molecule is C#CCSCCNC(c1ccc(OC)cc1)C1CC1. The molecule has 0 spiro atoms. The van der Waals surface area contributed by atoms with Gasteiger partial charge in [0.15, 0.2) is 0 Å². The summed E-state index contributed by atoms with van der Waals surface area (Å²) in [6, 6.07) is 8.91. The molecule has 0 aliphatic heterocycles. The number of ether oxygens (including phenoxy) is 1. The molecule has 102 valence electrons. The Morgan fingerprint density at radius 3 is 2.74 bits per heavy atom. The Morgan fingerprint density at radius 1 is 1.42 bits per heavy atom. The minimum absolute atomic E-state index is 0.484. The van der Waals surface area contributed by atoms with Gasteiger partial charge in [0, 0.05) is 18.3 Å². The van der Waals surface area contributed by atoms with Crippen molar-refractivity contribution in [2.75, 3.05) is 25.2 Å². The van der Waals surface area contributed by atoms with Gasteiger partial charge in [-0.3, -0.25) is 0 Å². The molecule has 1 aliphatic rings. The normalized spacial score (nSPS) is 15.8. The van der Waals surface area contributed by atoms with Gasteiger partial charge in [-0.1, -0.05) is 18.1 Å². The maximum absolute atomic E-state index is 5.24. The fourth-order valence-corrected chi connectivity index (χ4v) is 2.74. The van der Waals surface area contributed by atoms with Crippen LogP contribution in [-0.2, 0) is 0 Å². The molecule has 1 unspecified atom stereocenters. The standard InChI is InChI=1S/C16H21NOS/c1-3-11-19-12-10-17-16(13-4-5-13)14-6-8-15(18-2)9-7-14/h1,6-9,13,16-17H,4-5,10-12H2,2H3. The first-order valence-electron chi connectivity index (χ1n) is 6.73. The fourth-order valence-electron chi connectivity index (χ4n) is 2.22. The Hall–Kier alpha value is -1.11. The van der Waals surface area contributed by atoms with E-state index in [1.165, 1.54) is 18.4 Å². The van der Waals surface area contributed by atoms with E-state index in [9.17, 15) is 0 Å². The molecule has 0 radical (unpaired) electrons. The van der Waals surface area contributed by atoms with E-state index in [1.54, 1.807) is 7.11 Å². The molecule has 1 aromatic rings. The van der Waals surface area contributed by atoms with Crippen LogP contribution in [0.25, 0.3) is 0 Å². The van der Waals surface area contributed by atoms with Crippen molar-refractivity contribution in [3.8, 4) is 18.1 Å². The molecule has 0 bridgehead atoms. The summed E-state index contributed by atoms with van der Waals surface area (Å²) in [5, 5.41) is 3.66. The zero-order valence-electron chi connectivity index (χ0n) is 11.4. The van der Waals surface area contributed by atoms with Gasteiger partial charge in [0.05, 0.1) is 12.9 Å². The molecule has 0 heterocycles. The Kier molecular flexibility index (Phi) is 5.62. The largest absolute Gasteiger partial charge is 0.497 e. The number of nitrogens with one attached hydrogen (secondary N) is 1. The molecule has 3 heteroatoms. The highest BCUT2D eigenvalue weighted by molar-refractivity contribution is 7.99. The quantitative estimate of drug-likeness (QED) is 0.582. The van der Waals surface area contributed by atoms with Crippen molar-refractivity contribution < 1.29 is 4.74 Å². The zero-order valence-corrected chi connectivity index (χ0v) is 12.2. The van der Waals surface area contributed by atoms with Crippen LogP contribution in [-0.4, -0.2) is 25.2 Å². The molecule has 1 aromatic carbocycles. The second-order valence-corrected chi connectivity index (χ2v) is 5.90. The van der Waals surface area contributed by atoms with Gasteiger partial charge in [-0.2, -0.15) is 0 Å². The van der Waals surface area contributed by atoms with Crippen molar-refractivity contribution in [1.29, 1.82) is 0 Å². The minimum Gasteiger partial charge on any atom is -0.497 e. The third-order valence-electron chi connectivity index (χ3n) is 3.36. The van der Waals surface area contributed by atoms with Crippen molar-refractivity contribution >= 4 is 11.8 Å². The van der Waals surface area contributed by atoms with E-state index in [0.717, 1.165) is 29.7 Å². The highest BCUT2D eigenvalue weighted by atomic mass is 32.2. The average Bonchev–Trinajstić information content (AvgIpc) is 3.28. The lowest BCUT2D eigenvalue weighted by Gasteiger charge is -2.19. The van der Waals surface area contributed by atoms with Gasteiger partial charge in [0.25, 0.3) is 0 Å². The number of hydrogen-bond donors (Lipinski definition) is 1. The number of rotatable bonds is 8.